The van der Waals surface area contributed by atoms with Crippen molar-refractivity contribution < 1.29 is 14.2 Å². The second kappa shape index (κ2) is 7.75. The van der Waals surface area contributed by atoms with E-state index >= 15 is 0 Å². The number of aromatic nitrogens is 4. The topological polar surface area (TPSA) is 71.3 Å². The molecule has 0 bridgehead atoms. The number of thioether (sulfide) groups is 1. The SMILES string of the molecule is COc1ccc(-c2nnc(SCc3cnc(C4OCCO4)s3)n2C)cc1. The van der Waals surface area contributed by atoms with Gasteiger partial charge in [-0.15, -0.1) is 21.5 Å². The van der Waals surface area contributed by atoms with Crippen molar-refractivity contribution in [1.29, 1.82) is 0 Å². The van der Waals surface area contributed by atoms with Crippen LogP contribution in [-0.4, -0.2) is 40.1 Å². The van der Waals surface area contributed by atoms with Crippen LogP contribution in [0, 0.1) is 0 Å². The number of nitrogens with zero attached hydrogens (tertiary/aromatic N) is 4. The van der Waals surface area contributed by atoms with E-state index in [1.54, 1.807) is 30.2 Å². The monoisotopic (exact) mass is 390 g/mol. The van der Waals surface area contributed by atoms with Crippen LogP contribution < -0.4 is 4.74 Å². The fraction of sp³-hybridized carbons (Fsp3) is 0.353. The Labute approximate surface area is 159 Å². The molecule has 4 rings (SSSR count). The van der Waals surface area contributed by atoms with Crippen LogP contribution in [0.15, 0.2) is 35.6 Å². The molecule has 0 aliphatic carbocycles. The molecule has 0 atom stereocenters. The van der Waals surface area contributed by atoms with E-state index in [0.29, 0.717) is 13.2 Å². The van der Waals surface area contributed by atoms with Crippen LogP contribution in [0.1, 0.15) is 16.2 Å². The number of thiazole rings is 1. The molecule has 26 heavy (non-hydrogen) atoms. The predicted molar refractivity (Wildman–Crippen MR) is 99.3 cm³/mol. The summed E-state index contributed by atoms with van der Waals surface area (Å²) in [5, 5.41) is 10.4. The van der Waals surface area contributed by atoms with Gasteiger partial charge in [-0.3, -0.25) is 0 Å². The maximum Gasteiger partial charge on any atom is 0.211 e. The van der Waals surface area contributed by atoms with Gasteiger partial charge in [0.2, 0.25) is 6.29 Å². The Balaban J connectivity index is 1.43. The van der Waals surface area contributed by atoms with E-state index in [2.05, 4.69) is 15.2 Å². The highest BCUT2D eigenvalue weighted by atomic mass is 32.2. The molecule has 1 aromatic carbocycles. The Morgan fingerprint density at radius 2 is 2.00 bits per heavy atom. The fourth-order valence-electron chi connectivity index (χ4n) is 2.57. The lowest BCUT2D eigenvalue weighted by Gasteiger charge is -2.05. The number of ether oxygens (including phenoxy) is 3. The molecule has 7 nitrogen and oxygen atoms in total. The maximum absolute atomic E-state index is 5.49. The summed E-state index contributed by atoms with van der Waals surface area (Å²) < 4.78 is 18.2. The van der Waals surface area contributed by atoms with Gasteiger partial charge in [-0.25, -0.2) is 4.98 Å². The van der Waals surface area contributed by atoms with Gasteiger partial charge in [-0.1, -0.05) is 11.8 Å². The summed E-state index contributed by atoms with van der Waals surface area (Å²) in [5.74, 6) is 2.42. The first-order valence-electron chi connectivity index (χ1n) is 8.09. The Bertz CT molecular complexity index is 873. The first-order chi connectivity index (χ1) is 12.7. The zero-order chi connectivity index (χ0) is 17.9. The Hall–Kier alpha value is -1.94. The molecule has 0 radical (unpaired) electrons. The first-order valence-corrected chi connectivity index (χ1v) is 9.89. The Morgan fingerprint density at radius 3 is 2.73 bits per heavy atom. The standard InChI is InChI=1S/C17H18N4O3S2/c1-21-14(11-3-5-12(22-2)6-4-11)19-20-17(21)25-10-13-9-18-15(26-13)16-23-7-8-24-16/h3-6,9,16H,7-8,10H2,1-2H3. The van der Waals surface area contributed by atoms with E-state index in [4.69, 9.17) is 14.2 Å². The quantitative estimate of drug-likeness (QED) is 0.598. The molecule has 9 heteroatoms. The van der Waals surface area contributed by atoms with E-state index in [0.717, 1.165) is 37.9 Å². The molecule has 3 aromatic rings. The number of methoxy groups -OCH3 is 1. The molecular weight excluding hydrogens is 372 g/mol. The van der Waals surface area contributed by atoms with Crippen molar-refractivity contribution in [3.63, 3.8) is 0 Å². The minimum absolute atomic E-state index is 0.310. The Kier molecular flexibility index (Phi) is 5.21. The second-order valence-electron chi connectivity index (χ2n) is 5.62. The molecule has 136 valence electrons. The third-order valence-corrected chi connectivity index (χ3v) is 6.19. The van der Waals surface area contributed by atoms with Gasteiger partial charge in [-0.2, -0.15) is 0 Å². The molecule has 0 amide bonds. The molecule has 0 spiro atoms. The van der Waals surface area contributed by atoms with Crippen LogP contribution >= 0.6 is 23.1 Å². The van der Waals surface area contributed by atoms with Crippen molar-refractivity contribution >= 4 is 23.1 Å². The zero-order valence-electron chi connectivity index (χ0n) is 14.4. The molecular formula is C17H18N4O3S2. The van der Waals surface area contributed by atoms with Crippen LogP contribution in [0.4, 0.5) is 0 Å². The maximum atomic E-state index is 5.49. The van der Waals surface area contributed by atoms with Gasteiger partial charge in [0.15, 0.2) is 11.0 Å². The summed E-state index contributed by atoms with van der Waals surface area (Å²) >= 11 is 3.24. The van der Waals surface area contributed by atoms with Gasteiger partial charge in [-0.05, 0) is 24.3 Å². The highest BCUT2D eigenvalue weighted by Crippen LogP contribution is 2.31. The third kappa shape index (κ3) is 3.61. The van der Waals surface area contributed by atoms with Crippen molar-refractivity contribution in [1.82, 2.24) is 19.7 Å². The average molecular weight is 390 g/mol. The molecule has 1 saturated heterocycles. The Morgan fingerprint density at radius 1 is 1.23 bits per heavy atom. The largest absolute Gasteiger partial charge is 0.497 e. The lowest BCUT2D eigenvalue weighted by molar-refractivity contribution is -0.0442. The highest BCUT2D eigenvalue weighted by Gasteiger charge is 2.22. The van der Waals surface area contributed by atoms with E-state index in [1.165, 1.54) is 0 Å². The highest BCUT2D eigenvalue weighted by molar-refractivity contribution is 7.98. The summed E-state index contributed by atoms with van der Waals surface area (Å²) in [6.07, 6.45) is 1.56. The summed E-state index contributed by atoms with van der Waals surface area (Å²) in [5.41, 5.74) is 1.00. The van der Waals surface area contributed by atoms with Crippen molar-refractivity contribution in [2.45, 2.75) is 17.2 Å². The average Bonchev–Trinajstić information content (AvgIpc) is 3.41. The second-order valence-corrected chi connectivity index (χ2v) is 7.71. The van der Waals surface area contributed by atoms with Crippen molar-refractivity contribution in [2.24, 2.45) is 7.05 Å². The van der Waals surface area contributed by atoms with Crippen LogP contribution in [0.3, 0.4) is 0 Å². The summed E-state index contributed by atoms with van der Waals surface area (Å²) in [7, 11) is 3.63. The number of benzene rings is 1. The van der Waals surface area contributed by atoms with E-state index in [-0.39, 0.29) is 6.29 Å². The lowest BCUT2D eigenvalue weighted by Crippen LogP contribution is -1.95. The van der Waals surface area contributed by atoms with Crippen molar-refractivity contribution in [3.8, 4) is 17.1 Å². The first kappa shape index (κ1) is 17.5. The minimum atomic E-state index is -0.310. The van der Waals surface area contributed by atoms with Gasteiger partial charge >= 0.3 is 0 Å². The molecule has 1 aliphatic rings. The summed E-state index contributed by atoms with van der Waals surface area (Å²) in [6, 6.07) is 7.80. The van der Waals surface area contributed by atoms with Crippen molar-refractivity contribution in [3.05, 3.63) is 40.3 Å². The van der Waals surface area contributed by atoms with Gasteiger partial charge in [0.25, 0.3) is 0 Å². The summed E-state index contributed by atoms with van der Waals surface area (Å²) in [4.78, 5) is 5.55. The number of hydrogen-bond acceptors (Lipinski definition) is 8. The van der Waals surface area contributed by atoms with Crippen LogP contribution in [0.2, 0.25) is 0 Å². The summed E-state index contributed by atoms with van der Waals surface area (Å²) in [6.45, 7) is 1.25. The third-order valence-electron chi connectivity index (χ3n) is 3.92. The van der Waals surface area contributed by atoms with Crippen LogP contribution in [0.5, 0.6) is 5.75 Å². The lowest BCUT2D eigenvalue weighted by atomic mass is 10.2. The van der Waals surface area contributed by atoms with Crippen LogP contribution in [0.25, 0.3) is 11.4 Å². The van der Waals surface area contributed by atoms with Gasteiger partial charge in [0, 0.05) is 29.4 Å². The molecule has 0 N–H and O–H groups in total. The van der Waals surface area contributed by atoms with Gasteiger partial charge in [0.1, 0.15) is 10.8 Å². The molecule has 3 heterocycles. The number of rotatable bonds is 6. The minimum Gasteiger partial charge on any atom is -0.497 e. The molecule has 2 aromatic heterocycles. The van der Waals surface area contributed by atoms with Crippen molar-refractivity contribution in [2.75, 3.05) is 20.3 Å². The number of hydrogen-bond donors (Lipinski definition) is 0. The normalized spacial score (nSPS) is 14.8. The molecule has 1 fully saturated rings. The van der Waals surface area contributed by atoms with E-state index < -0.39 is 0 Å². The van der Waals surface area contributed by atoms with Gasteiger partial charge in [0.05, 0.1) is 20.3 Å². The van der Waals surface area contributed by atoms with E-state index in [9.17, 15) is 0 Å². The molecule has 1 aliphatic heterocycles. The molecule has 0 unspecified atom stereocenters. The zero-order valence-corrected chi connectivity index (χ0v) is 16.0. The van der Waals surface area contributed by atoms with Gasteiger partial charge < -0.3 is 18.8 Å². The van der Waals surface area contributed by atoms with Crippen LogP contribution in [-0.2, 0) is 22.3 Å². The molecule has 0 saturated carbocycles. The van der Waals surface area contributed by atoms with E-state index in [1.807, 2.05) is 42.1 Å². The predicted octanol–water partition coefficient (Wildman–Crippen LogP) is 3.28. The fourth-order valence-corrected chi connectivity index (χ4v) is 4.42. The smallest absolute Gasteiger partial charge is 0.211 e.